The van der Waals surface area contributed by atoms with E-state index in [2.05, 4.69) is 10.0 Å². The maximum atomic E-state index is 12.7. The first kappa shape index (κ1) is 22.4. The van der Waals surface area contributed by atoms with Crippen molar-refractivity contribution >= 4 is 28.3 Å². The highest BCUT2D eigenvalue weighted by atomic mass is 35.5. The highest BCUT2D eigenvalue weighted by Gasteiger charge is 2.28. The molecule has 6 nitrogen and oxygen atoms in total. The monoisotopic (exact) mass is 423 g/mol. The molecule has 1 amide bonds. The van der Waals surface area contributed by atoms with Gasteiger partial charge in [-0.3, -0.25) is 4.79 Å². The summed E-state index contributed by atoms with van der Waals surface area (Å²) in [6, 6.07) is 13.9. The molecule has 1 saturated carbocycles. The number of nitrogens with two attached hydrogens (primary N) is 1. The number of hydrogen-bond acceptors (Lipinski definition) is 4. The number of amides is 1. The maximum Gasteiger partial charge on any atom is 0.251 e. The summed E-state index contributed by atoms with van der Waals surface area (Å²) in [7, 11) is -3.73. The number of halogens is 1. The van der Waals surface area contributed by atoms with Crippen LogP contribution in [0.2, 0.25) is 0 Å². The van der Waals surface area contributed by atoms with Gasteiger partial charge in [-0.25, -0.2) is 13.1 Å². The van der Waals surface area contributed by atoms with Crippen molar-refractivity contribution in [1.29, 1.82) is 0 Å². The van der Waals surface area contributed by atoms with Gasteiger partial charge in [0.2, 0.25) is 10.0 Å². The SMILES string of the molecule is Cc1ccc(C(=O)NCC(N)C2CC2)cc1S(=O)(=O)NCc1ccccc1.Cl. The average molecular weight is 424 g/mol. The smallest absolute Gasteiger partial charge is 0.251 e. The lowest BCUT2D eigenvalue weighted by atomic mass is 10.1. The van der Waals surface area contributed by atoms with E-state index < -0.39 is 10.0 Å². The molecule has 8 heteroatoms. The van der Waals surface area contributed by atoms with Crippen LogP contribution in [0.4, 0.5) is 0 Å². The number of nitrogens with one attached hydrogen (secondary N) is 2. The number of sulfonamides is 1. The van der Waals surface area contributed by atoms with Gasteiger partial charge in [0.05, 0.1) is 4.90 Å². The minimum Gasteiger partial charge on any atom is -0.350 e. The van der Waals surface area contributed by atoms with Crippen LogP contribution < -0.4 is 15.8 Å². The fourth-order valence-electron chi connectivity index (χ4n) is 2.89. The second kappa shape index (κ2) is 9.52. The molecule has 0 aromatic heterocycles. The van der Waals surface area contributed by atoms with Gasteiger partial charge in [-0.1, -0.05) is 36.4 Å². The van der Waals surface area contributed by atoms with Crippen LogP contribution in [-0.4, -0.2) is 26.9 Å². The van der Waals surface area contributed by atoms with E-state index in [1.165, 1.54) is 6.07 Å². The Kier molecular flexibility index (Phi) is 7.60. The minimum atomic E-state index is -3.73. The lowest BCUT2D eigenvalue weighted by Crippen LogP contribution is -2.38. The number of hydrogen-bond donors (Lipinski definition) is 3. The van der Waals surface area contributed by atoms with Crippen molar-refractivity contribution in [2.45, 2.75) is 37.2 Å². The first-order valence-corrected chi connectivity index (χ1v) is 10.5. The van der Waals surface area contributed by atoms with Crippen molar-refractivity contribution < 1.29 is 13.2 Å². The Labute approximate surface area is 172 Å². The molecule has 1 aliphatic carbocycles. The maximum absolute atomic E-state index is 12.7. The zero-order chi connectivity index (χ0) is 19.4. The molecular formula is C20H26ClN3O3S. The van der Waals surface area contributed by atoms with E-state index in [-0.39, 0.29) is 35.8 Å². The van der Waals surface area contributed by atoms with Crippen molar-refractivity contribution in [3.8, 4) is 0 Å². The Bertz CT molecular complexity index is 916. The Morgan fingerprint density at radius 2 is 1.86 bits per heavy atom. The first-order valence-electron chi connectivity index (χ1n) is 9.05. The zero-order valence-corrected chi connectivity index (χ0v) is 17.4. The summed E-state index contributed by atoms with van der Waals surface area (Å²) < 4.78 is 28.0. The molecule has 28 heavy (non-hydrogen) atoms. The van der Waals surface area contributed by atoms with Gasteiger partial charge < -0.3 is 11.1 Å². The third-order valence-electron chi connectivity index (χ3n) is 4.77. The van der Waals surface area contributed by atoms with E-state index in [1.807, 2.05) is 30.3 Å². The topological polar surface area (TPSA) is 101 Å². The molecule has 1 atom stereocenters. The molecule has 0 aliphatic heterocycles. The Morgan fingerprint density at radius 1 is 1.18 bits per heavy atom. The summed E-state index contributed by atoms with van der Waals surface area (Å²) in [6.45, 7) is 2.29. The molecule has 1 unspecified atom stereocenters. The van der Waals surface area contributed by atoms with Crippen LogP contribution in [0.3, 0.4) is 0 Å². The lowest BCUT2D eigenvalue weighted by Gasteiger charge is -2.13. The van der Waals surface area contributed by atoms with E-state index in [4.69, 9.17) is 5.73 Å². The second-order valence-electron chi connectivity index (χ2n) is 7.00. The van der Waals surface area contributed by atoms with Crippen LogP contribution in [0.15, 0.2) is 53.4 Å². The van der Waals surface area contributed by atoms with Crippen LogP contribution in [0.1, 0.15) is 34.3 Å². The van der Waals surface area contributed by atoms with Crippen molar-refractivity contribution in [2.24, 2.45) is 11.7 Å². The molecule has 2 aromatic carbocycles. The fourth-order valence-corrected chi connectivity index (χ4v) is 4.17. The second-order valence-corrected chi connectivity index (χ2v) is 8.74. The van der Waals surface area contributed by atoms with Crippen LogP contribution in [0.25, 0.3) is 0 Å². The summed E-state index contributed by atoms with van der Waals surface area (Å²) in [5, 5.41) is 2.80. The average Bonchev–Trinajstić information content (AvgIpc) is 3.50. The predicted molar refractivity (Wildman–Crippen MR) is 112 cm³/mol. The van der Waals surface area contributed by atoms with E-state index in [0.717, 1.165) is 18.4 Å². The molecule has 0 bridgehead atoms. The molecular weight excluding hydrogens is 398 g/mol. The van der Waals surface area contributed by atoms with E-state index in [9.17, 15) is 13.2 Å². The molecule has 0 saturated heterocycles. The number of benzene rings is 2. The number of carbonyl (C=O) groups excluding carboxylic acids is 1. The van der Waals surface area contributed by atoms with E-state index in [0.29, 0.717) is 23.6 Å². The van der Waals surface area contributed by atoms with Crippen molar-refractivity contribution in [1.82, 2.24) is 10.0 Å². The normalized spacial score (nSPS) is 14.8. The Balaban J connectivity index is 0.00000280. The predicted octanol–water partition coefficient (Wildman–Crippen LogP) is 2.36. The zero-order valence-electron chi connectivity index (χ0n) is 15.7. The lowest BCUT2D eigenvalue weighted by molar-refractivity contribution is 0.0950. The molecule has 0 spiro atoms. The molecule has 3 rings (SSSR count). The number of aryl methyl sites for hydroxylation is 1. The standard InChI is InChI=1S/C20H25N3O3S.ClH/c1-14-7-8-17(20(24)22-13-18(21)16-9-10-16)11-19(14)27(25,26)23-12-15-5-3-2-4-6-15;/h2-8,11,16,18,23H,9-10,12-13,21H2,1H3,(H,22,24);1H. The van der Waals surface area contributed by atoms with Gasteiger partial charge in [-0.05, 0) is 48.9 Å². The van der Waals surface area contributed by atoms with E-state index >= 15 is 0 Å². The summed E-state index contributed by atoms with van der Waals surface area (Å²) >= 11 is 0. The summed E-state index contributed by atoms with van der Waals surface area (Å²) in [5.41, 5.74) is 7.76. The summed E-state index contributed by atoms with van der Waals surface area (Å²) in [5.74, 6) is 0.173. The van der Waals surface area contributed by atoms with Gasteiger partial charge in [0.25, 0.3) is 5.91 Å². The quantitative estimate of drug-likeness (QED) is 0.606. The van der Waals surface area contributed by atoms with Crippen molar-refractivity contribution in [3.05, 3.63) is 65.2 Å². The summed E-state index contributed by atoms with van der Waals surface area (Å²) in [4.78, 5) is 12.5. The van der Waals surface area contributed by atoms with Crippen LogP contribution in [-0.2, 0) is 16.6 Å². The van der Waals surface area contributed by atoms with Gasteiger partial charge in [-0.2, -0.15) is 0 Å². The van der Waals surface area contributed by atoms with Crippen LogP contribution >= 0.6 is 12.4 Å². The van der Waals surface area contributed by atoms with Crippen molar-refractivity contribution in [3.63, 3.8) is 0 Å². The Morgan fingerprint density at radius 3 is 2.50 bits per heavy atom. The number of rotatable bonds is 8. The molecule has 1 aliphatic rings. The molecule has 1 fully saturated rings. The molecule has 2 aromatic rings. The number of carbonyl (C=O) groups is 1. The van der Waals surface area contributed by atoms with Crippen molar-refractivity contribution in [2.75, 3.05) is 6.54 Å². The van der Waals surface area contributed by atoms with Crippen LogP contribution in [0.5, 0.6) is 0 Å². The van der Waals surface area contributed by atoms with E-state index in [1.54, 1.807) is 19.1 Å². The van der Waals surface area contributed by atoms with Crippen LogP contribution in [0, 0.1) is 12.8 Å². The first-order chi connectivity index (χ1) is 12.9. The van der Waals surface area contributed by atoms with Gasteiger partial charge in [0, 0.05) is 24.7 Å². The van der Waals surface area contributed by atoms with Gasteiger partial charge in [-0.15, -0.1) is 12.4 Å². The highest BCUT2D eigenvalue weighted by molar-refractivity contribution is 7.89. The largest absolute Gasteiger partial charge is 0.350 e. The summed E-state index contributed by atoms with van der Waals surface area (Å²) in [6.07, 6.45) is 2.22. The molecule has 152 valence electrons. The fraction of sp³-hybridized carbons (Fsp3) is 0.350. The minimum absolute atomic E-state index is 0. The Hall–Kier alpha value is -1.93. The molecule has 0 heterocycles. The highest BCUT2D eigenvalue weighted by Crippen LogP contribution is 2.31. The molecule has 4 N–H and O–H groups in total. The third kappa shape index (κ3) is 5.78. The van der Waals surface area contributed by atoms with Gasteiger partial charge in [0.15, 0.2) is 0 Å². The third-order valence-corrected chi connectivity index (χ3v) is 6.32. The van der Waals surface area contributed by atoms with Gasteiger partial charge >= 0.3 is 0 Å². The van der Waals surface area contributed by atoms with Gasteiger partial charge in [0.1, 0.15) is 0 Å². The molecule has 0 radical (unpaired) electrons.